The summed E-state index contributed by atoms with van der Waals surface area (Å²) in [6, 6.07) is 12.3. The predicted molar refractivity (Wildman–Crippen MR) is 92.3 cm³/mol. The average molecular weight is 357 g/mol. The molecular formula is C18H17N2O4S-. The molecule has 0 bridgehead atoms. The first-order chi connectivity index (χ1) is 11.9. The minimum absolute atomic E-state index is 0.0165. The van der Waals surface area contributed by atoms with Gasteiger partial charge in [0, 0.05) is 17.1 Å². The molecule has 6 nitrogen and oxygen atoms in total. The first-order valence-electron chi connectivity index (χ1n) is 7.72. The van der Waals surface area contributed by atoms with Gasteiger partial charge >= 0.3 is 0 Å². The van der Waals surface area contributed by atoms with Crippen molar-refractivity contribution in [3.05, 3.63) is 65.9 Å². The summed E-state index contributed by atoms with van der Waals surface area (Å²) in [7, 11) is -3.96. The Morgan fingerprint density at radius 1 is 1.20 bits per heavy atom. The van der Waals surface area contributed by atoms with E-state index in [0.29, 0.717) is 5.56 Å². The van der Waals surface area contributed by atoms with E-state index in [1.807, 2.05) is 24.3 Å². The van der Waals surface area contributed by atoms with Crippen molar-refractivity contribution in [3.8, 4) is 0 Å². The second-order valence-corrected chi connectivity index (χ2v) is 7.59. The molecule has 7 heteroatoms. The van der Waals surface area contributed by atoms with Gasteiger partial charge in [-0.1, -0.05) is 30.3 Å². The number of carboxylic acid groups (broad SMARTS) is 1. The van der Waals surface area contributed by atoms with E-state index in [-0.39, 0.29) is 11.3 Å². The molecule has 0 aliphatic rings. The Hall–Kier alpha value is -2.64. The molecule has 0 unspecified atom stereocenters. The third-order valence-corrected chi connectivity index (χ3v) is 5.45. The van der Waals surface area contributed by atoms with Gasteiger partial charge in [-0.25, -0.2) is 13.1 Å². The second-order valence-electron chi connectivity index (χ2n) is 5.87. The molecule has 1 aromatic heterocycles. The van der Waals surface area contributed by atoms with E-state index in [1.54, 1.807) is 25.3 Å². The van der Waals surface area contributed by atoms with Crippen LogP contribution in [0, 0.1) is 6.92 Å². The van der Waals surface area contributed by atoms with Gasteiger partial charge in [0.25, 0.3) is 0 Å². The zero-order valence-corrected chi connectivity index (χ0v) is 14.3. The van der Waals surface area contributed by atoms with Crippen LogP contribution in [0.4, 0.5) is 0 Å². The van der Waals surface area contributed by atoms with Crippen molar-refractivity contribution in [1.82, 2.24) is 9.71 Å². The molecule has 0 radical (unpaired) electrons. The third kappa shape index (κ3) is 3.72. The summed E-state index contributed by atoms with van der Waals surface area (Å²) in [5.74, 6) is -1.47. The van der Waals surface area contributed by atoms with Gasteiger partial charge in [-0.2, -0.15) is 0 Å². The molecule has 1 atom stereocenters. The van der Waals surface area contributed by atoms with E-state index in [9.17, 15) is 18.3 Å². The van der Waals surface area contributed by atoms with Crippen molar-refractivity contribution in [2.45, 2.75) is 24.3 Å². The lowest BCUT2D eigenvalue weighted by atomic mass is 10.1. The normalized spacial score (nSPS) is 13.0. The molecule has 25 heavy (non-hydrogen) atoms. The molecular weight excluding hydrogens is 340 g/mol. The summed E-state index contributed by atoms with van der Waals surface area (Å²) in [6.45, 7) is 1.77. The summed E-state index contributed by atoms with van der Waals surface area (Å²) in [5.41, 5.74) is 2.33. The Labute approximate surface area is 145 Å². The highest BCUT2D eigenvalue weighted by Gasteiger charge is 2.22. The Kier molecular flexibility index (Phi) is 4.61. The molecule has 1 heterocycles. The molecule has 0 saturated carbocycles. The number of para-hydroxylation sites is 1. The third-order valence-electron chi connectivity index (χ3n) is 3.98. The van der Waals surface area contributed by atoms with Gasteiger partial charge < -0.3 is 14.9 Å². The summed E-state index contributed by atoms with van der Waals surface area (Å²) in [5, 5.41) is 12.3. The Balaban J connectivity index is 1.88. The molecule has 3 aromatic rings. The fourth-order valence-corrected chi connectivity index (χ4v) is 4.02. The molecule has 0 aliphatic carbocycles. The number of H-pyrrole nitrogens is 1. The monoisotopic (exact) mass is 357 g/mol. The Bertz CT molecular complexity index is 1020. The molecule has 0 amide bonds. The maximum atomic E-state index is 12.5. The summed E-state index contributed by atoms with van der Waals surface area (Å²) in [4.78, 5) is 14.6. The van der Waals surface area contributed by atoms with Crippen molar-refractivity contribution in [2.24, 2.45) is 0 Å². The molecule has 0 spiro atoms. The van der Waals surface area contributed by atoms with Crippen LogP contribution in [0.25, 0.3) is 10.9 Å². The van der Waals surface area contributed by atoms with Crippen molar-refractivity contribution in [1.29, 1.82) is 0 Å². The van der Waals surface area contributed by atoms with Gasteiger partial charge in [-0.05, 0) is 42.7 Å². The number of nitrogens with one attached hydrogen (secondary N) is 2. The SMILES string of the molecule is Cc1cccc(S(=O)(=O)N[C@H](Cc2c[nH]c3ccccc23)C(=O)[O-])c1. The number of aromatic amines is 1. The number of carbonyl (C=O) groups excluding carboxylic acids is 1. The zero-order valence-electron chi connectivity index (χ0n) is 13.5. The van der Waals surface area contributed by atoms with Crippen LogP contribution in [0.1, 0.15) is 11.1 Å². The van der Waals surface area contributed by atoms with Gasteiger partial charge in [0.1, 0.15) is 0 Å². The van der Waals surface area contributed by atoms with Gasteiger partial charge in [0.05, 0.1) is 16.9 Å². The van der Waals surface area contributed by atoms with Crippen molar-refractivity contribution < 1.29 is 18.3 Å². The van der Waals surface area contributed by atoms with E-state index < -0.39 is 22.0 Å². The van der Waals surface area contributed by atoms with Crippen LogP contribution in [0.2, 0.25) is 0 Å². The number of sulfonamides is 1. The highest BCUT2D eigenvalue weighted by molar-refractivity contribution is 7.89. The number of rotatable bonds is 6. The zero-order chi connectivity index (χ0) is 18.0. The van der Waals surface area contributed by atoms with E-state index in [4.69, 9.17) is 0 Å². The number of carboxylic acids is 1. The molecule has 2 N–H and O–H groups in total. The van der Waals surface area contributed by atoms with Crippen molar-refractivity contribution in [3.63, 3.8) is 0 Å². The smallest absolute Gasteiger partial charge is 0.241 e. The van der Waals surface area contributed by atoms with E-state index in [0.717, 1.165) is 16.5 Å². The quantitative estimate of drug-likeness (QED) is 0.690. The Morgan fingerprint density at radius 2 is 1.96 bits per heavy atom. The fraction of sp³-hybridized carbons (Fsp3) is 0.167. The second kappa shape index (κ2) is 6.70. The van der Waals surface area contributed by atoms with Gasteiger partial charge in [0.2, 0.25) is 10.0 Å². The number of hydrogen-bond acceptors (Lipinski definition) is 4. The van der Waals surface area contributed by atoms with Crippen LogP contribution in [0.5, 0.6) is 0 Å². The van der Waals surface area contributed by atoms with Crippen LogP contribution in [0.3, 0.4) is 0 Å². The summed E-state index contributed by atoms with van der Waals surface area (Å²) in [6.07, 6.45) is 1.67. The highest BCUT2D eigenvalue weighted by atomic mass is 32.2. The first kappa shape index (κ1) is 17.2. The number of fused-ring (bicyclic) bond motifs is 1. The highest BCUT2D eigenvalue weighted by Crippen LogP contribution is 2.20. The molecule has 0 saturated heterocycles. The van der Waals surface area contributed by atoms with Crippen LogP contribution in [-0.2, 0) is 21.2 Å². The van der Waals surface area contributed by atoms with Crippen molar-refractivity contribution >= 4 is 26.9 Å². The largest absolute Gasteiger partial charge is 0.548 e. The lowest BCUT2D eigenvalue weighted by Gasteiger charge is -2.19. The topological polar surface area (TPSA) is 102 Å². The predicted octanol–water partition coefficient (Wildman–Crippen LogP) is 1.12. The molecule has 3 rings (SSSR count). The van der Waals surface area contributed by atoms with E-state index in [2.05, 4.69) is 9.71 Å². The molecule has 130 valence electrons. The lowest BCUT2D eigenvalue weighted by Crippen LogP contribution is -2.49. The van der Waals surface area contributed by atoms with Gasteiger partial charge in [0.15, 0.2) is 0 Å². The maximum Gasteiger partial charge on any atom is 0.241 e. The minimum Gasteiger partial charge on any atom is -0.548 e. The van der Waals surface area contributed by atoms with Gasteiger partial charge in [-0.15, -0.1) is 0 Å². The average Bonchev–Trinajstić information content (AvgIpc) is 2.97. The summed E-state index contributed by atoms with van der Waals surface area (Å²) >= 11 is 0. The van der Waals surface area contributed by atoms with Gasteiger partial charge in [-0.3, -0.25) is 0 Å². The Morgan fingerprint density at radius 3 is 2.68 bits per heavy atom. The standard InChI is InChI=1S/C18H18N2O4S/c1-12-5-4-6-14(9-12)25(23,24)20-17(18(21)22)10-13-11-19-16-8-3-2-7-15(13)16/h2-9,11,17,19-20H,10H2,1H3,(H,21,22)/p-1/t17-/m1/s1. The van der Waals surface area contributed by atoms with Crippen LogP contribution in [-0.4, -0.2) is 25.4 Å². The maximum absolute atomic E-state index is 12.5. The number of aryl methyl sites for hydroxylation is 1. The van der Waals surface area contributed by atoms with E-state index >= 15 is 0 Å². The first-order valence-corrected chi connectivity index (χ1v) is 9.20. The molecule has 0 fully saturated rings. The van der Waals surface area contributed by atoms with Crippen LogP contribution in [0.15, 0.2) is 59.6 Å². The number of hydrogen-bond donors (Lipinski definition) is 2. The number of benzene rings is 2. The number of aliphatic carboxylic acids is 1. The van der Waals surface area contributed by atoms with Crippen LogP contribution < -0.4 is 9.83 Å². The molecule has 0 aliphatic heterocycles. The lowest BCUT2D eigenvalue weighted by molar-refractivity contribution is -0.307. The molecule has 2 aromatic carbocycles. The number of aromatic nitrogens is 1. The van der Waals surface area contributed by atoms with Crippen LogP contribution >= 0.6 is 0 Å². The van der Waals surface area contributed by atoms with E-state index in [1.165, 1.54) is 12.1 Å². The minimum atomic E-state index is -3.96. The fourth-order valence-electron chi connectivity index (χ4n) is 2.73. The summed E-state index contributed by atoms with van der Waals surface area (Å²) < 4.78 is 27.2. The number of carbonyl (C=O) groups is 1. The van der Waals surface area contributed by atoms with Crippen molar-refractivity contribution in [2.75, 3.05) is 0 Å².